The van der Waals surface area contributed by atoms with E-state index in [1.807, 2.05) is 0 Å². The maximum absolute atomic E-state index is 11.6. The molecule has 0 aromatic carbocycles. The molecule has 0 aliphatic carbocycles. The summed E-state index contributed by atoms with van der Waals surface area (Å²) in [6, 6.07) is 0. The quantitative estimate of drug-likeness (QED) is 0.102. The van der Waals surface area contributed by atoms with Gasteiger partial charge in [0, 0.05) is 6.42 Å². The van der Waals surface area contributed by atoms with Gasteiger partial charge in [-0.05, 0) is 6.42 Å². The molecule has 0 bridgehead atoms. The maximum atomic E-state index is 11.6. The minimum absolute atomic E-state index is 0.136. The van der Waals surface area contributed by atoms with E-state index in [1.165, 1.54) is 32.1 Å². The van der Waals surface area contributed by atoms with Crippen molar-refractivity contribution in [1.29, 1.82) is 0 Å². The first kappa shape index (κ1) is 31.8. The highest BCUT2D eigenvalue weighted by molar-refractivity contribution is 5.69. The van der Waals surface area contributed by atoms with Gasteiger partial charge in [0.15, 0.2) is 0 Å². The zero-order valence-electron chi connectivity index (χ0n) is 20.7. The largest absolute Gasteiger partial charge is 0.463 e. The van der Waals surface area contributed by atoms with Crippen molar-refractivity contribution in [3.05, 3.63) is 0 Å². The molecule has 0 aliphatic heterocycles. The molecule has 0 radical (unpaired) electrons. The molecule has 8 heteroatoms. The lowest BCUT2D eigenvalue weighted by Crippen LogP contribution is -2.15. The van der Waals surface area contributed by atoms with Gasteiger partial charge in [0.25, 0.3) is 0 Å². The number of hydrogen-bond acceptors (Lipinski definition) is 8. The second-order valence-electron chi connectivity index (χ2n) is 7.41. The SMILES string of the molecule is C#CCOCCOCCOCCOCCOCCOCCOC(=O)CCCCCCCCC. The first-order valence-electron chi connectivity index (χ1n) is 12.4. The first-order valence-corrected chi connectivity index (χ1v) is 12.4. The number of carbonyl (C=O) groups excluding carboxylic acids is 1. The smallest absolute Gasteiger partial charge is 0.305 e. The number of carbonyl (C=O) groups is 1. The summed E-state index contributed by atoms with van der Waals surface area (Å²) in [6.45, 7) is 8.20. The van der Waals surface area contributed by atoms with Gasteiger partial charge in [-0.1, -0.05) is 51.4 Å². The van der Waals surface area contributed by atoms with Gasteiger partial charge in [0.2, 0.25) is 0 Å². The Morgan fingerprint density at radius 2 is 0.970 bits per heavy atom. The summed E-state index contributed by atoms with van der Waals surface area (Å²) < 4.78 is 37.2. The van der Waals surface area contributed by atoms with Crippen molar-refractivity contribution in [1.82, 2.24) is 0 Å². The van der Waals surface area contributed by atoms with E-state index in [1.54, 1.807) is 0 Å². The third-order valence-corrected chi connectivity index (χ3v) is 4.52. The lowest BCUT2D eigenvalue weighted by molar-refractivity contribution is -0.145. The minimum atomic E-state index is -0.136. The number of hydrogen-bond donors (Lipinski definition) is 0. The van der Waals surface area contributed by atoms with Gasteiger partial charge >= 0.3 is 5.97 Å². The number of rotatable bonds is 27. The van der Waals surface area contributed by atoms with Crippen LogP contribution in [0.15, 0.2) is 0 Å². The molecule has 0 aliphatic rings. The van der Waals surface area contributed by atoms with Gasteiger partial charge in [0.05, 0.1) is 72.7 Å². The highest BCUT2D eigenvalue weighted by atomic mass is 16.6. The first-order chi connectivity index (χ1) is 16.3. The molecule has 0 amide bonds. The molecule has 194 valence electrons. The average molecular weight is 475 g/mol. The van der Waals surface area contributed by atoms with Crippen LogP contribution in [-0.4, -0.2) is 91.9 Å². The predicted molar refractivity (Wildman–Crippen MR) is 127 cm³/mol. The molecule has 0 unspecified atom stereocenters. The fourth-order valence-corrected chi connectivity index (χ4v) is 2.74. The highest BCUT2D eigenvalue weighted by Crippen LogP contribution is 2.08. The van der Waals surface area contributed by atoms with Crippen molar-refractivity contribution >= 4 is 5.97 Å². The molecule has 0 atom stereocenters. The molecule has 0 saturated carbocycles. The van der Waals surface area contributed by atoms with Crippen LogP contribution in [0.3, 0.4) is 0 Å². The van der Waals surface area contributed by atoms with Crippen molar-refractivity contribution < 1.29 is 38.0 Å². The summed E-state index contributed by atoms with van der Waals surface area (Å²) in [5.41, 5.74) is 0. The van der Waals surface area contributed by atoms with Crippen molar-refractivity contribution in [2.45, 2.75) is 58.3 Å². The summed E-state index contributed by atoms with van der Waals surface area (Å²) in [7, 11) is 0. The summed E-state index contributed by atoms with van der Waals surface area (Å²) in [5, 5.41) is 0. The van der Waals surface area contributed by atoms with Crippen LogP contribution in [0, 0.1) is 12.3 Å². The third kappa shape index (κ3) is 28.8. The Morgan fingerprint density at radius 1 is 0.576 bits per heavy atom. The van der Waals surface area contributed by atoms with Crippen LogP contribution in [-0.2, 0) is 38.0 Å². The number of terminal acetylenes is 1. The Bertz CT molecular complexity index is 439. The van der Waals surface area contributed by atoms with Crippen molar-refractivity contribution in [3.8, 4) is 12.3 Å². The van der Waals surface area contributed by atoms with Crippen LogP contribution in [0.2, 0.25) is 0 Å². The minimum Gasteiger partial charge on any atom is -0.463 e. The molecule has 0 saturated heterocycles. The van der Waals surface area contributed by atoms with Gasteiger partial charge in [-0.2, -0.15) is 0 Å². The second kappa shape index (κ2) is 28.8. The van der Waals surface area contributed by atoms with Crippen LogP contribution in [0.1, 0.15) is 58.3 Å². The van der Waals surface area contributed by atoms with E-state index in [-0.39, 0.29) is 5.97 Å². The van der Waals surface area contributed by atoms with E-state index in [2.05, 4.69) is 12.8 Å². The Labute approximate surface area is 200 Å². The van der Waals surface area contributed by atoms with Crippen LogP contribution in [0.4, 0.5) is 0 Å². The lowest BCUT2D eigenvalue weighted by Gasteiger charge is -2.08. The zero-order chi connectivity index (χ0) is 24.1. The van der Waals surface area contributed by atoms with Crippen LogP contribution in [0.25, 0.3) is 0 Å². The molecule has 0 rings (SSSR count). The summed E-state index contributed by atoms with van der Waals surface area (Å²) in [5.74, 6) is 2.26. The lowest BCUT2D eigenvalue weighted by atomic mass is 10.1. The molecule has 0 aromatic rings. The number of unbranched alkanes of at least 4 members (excludes halogenated alkanes) is 6. The Hall–Kier alpha value is -1.21. The van der Waals surface area contributed by atoms with Crippen LogP contribution < -0.4 is 0 Å². The van der Waals surface area contributed by atoms with E-state index >= 15 is 0 Å². The molecule has 0 N–H and O–H groups in total. The van der Waals surface area contributed by atoms with E-state index in [0.29, 0.717) is 92.3 Å². The molecular weight excluding hydrogens is 428 g/mol. The Balaban J connectivity index is 3.11. The van der Waals surface area contributed by atoms with E-state index in [4.69, 9.17) is 39.6 Å². The number of ether oxygens (including phenoxy) is 7. The molecular formula is C25H46O8. The molecule has 0 fully saturated rings. The summed E-state index contributed by atoms with van der Waals surface area (Å²) in [4.78, 5) is 11.6. The molecule has 8 nitrogen and oxygen atoms in total. The zero-order valence-corrected chi connectivity index (χ0v) is 20.7. The molecule has 0 spiro atoms. The van der Waals surface area contributed by atoms with Gasteiger partial charge < -0.3 is 33.2 Å². The predicted octanol–water partition coefficient (Wildman–Crippen LogP) is 3.40. The van der Waals surface area contributed by atoms with Crippen molar-refractivity contribution in [2.24, 2.45) is 0 Å². The third-order valence-electron chi connectivity index (χ3n) is 4.52. The van der Waals surface area contributed by atoms with Gasteiger partial charge in [-0.3, -0.25) is 4.79 Å². The van der Waals surface area contributed by atoms with Crippen LogP contribution in [0.5, 0.6) is 0 Å². The van der Waals surface area contributed by atoms with Crippen molar-refractivity contribution in [2.75, 3.05) is 85.9 Å². The second-order valence-corrected chi connectivity index (χ2v) is 7.41. The monoisotopic (exact) mass is 474 g/mol. The fraction of sp³-hybridized carbons (Fsp3) is 0.880. The normalized spacial score (nSPS) is 10.9. The van der Waals surface area contributed by atoms with Gasteiger partial charge in [0.1, 0.15) is 13.2 Å². The maximum Gasteiger partial charge on any atom is 0.305 e. The fourth-order valence-electron chi connectivity index (χ4n) is 2.74. The van der Waals surface area contributed by atoms with Crippen molar-refractivity contribution in [3.63, 3.8) is 0 Å². The highest BCUT2D eigenvalue weighted by Gasteiger charge is 2.02. The van der Waals surface area contributed by atoms with Gasteiger partial charge in [-0.25, -0.2) is 0 Å². The van der Waals surface area contributed by atoms with Gasteiger partial charge in [-0.15, -0.1) is 6.42 Å². The Morgan fingerprint density at radius 3 is 1.42 bits per heavy atom. The molecule has 33 heavy (non-hydrogen) atoms. The van der Waals surface area contributed by atoms with Crippen LogP contribution >= 0.6 is 0 Å². The van der Waals surface area contributed by atoms with E-state index < -0.39 is 0 Å². The Kier molecular flexibility index (Phi) is 27.8. The topological polar surface area (TPSA) is 81.7 Å². The molecule has 0 heterocycles. The molecule has 0 aromatic heterocycles. The van der Waals surface area contributed by atoms with E-state index in [9.17, 15) is 4.79 Å². The summed E-state index contributed by atoms with van der Waals surface area (Å²) in [6.07, 6.45) is 13.9. The van der Waals surface area contributed by atoms with E-state index in [0.717, 1.165) is 12.8 Å². The standard InChI is InChI=1S/C25H46O8/c1-3-5-6-7-8-9-10-11-25(26)33-24-23-32-22-21-31-20-19-30-18-17-29-16-15-28-14-13-27-12-4-2/h2H,3,5-24H2,1H3. The number of esters is 1. The summed E-state index contributed by atoms with van der Waals surface area (Å²) >= 11 is 0. The average Bonchev–Trinajstić information content (AvgIpc) is 2.82.